The van der Waals surface area contributed by atoms with Crippen LogP contribution in [0.1, 0.15) is 19.4 Å². The third-order valence-corrected chi connectivity index (χ3v) is 3.97. The van der Waals surface area contributed by atoms with Gasteiger partial charge in [-0.2, -0.15) is 9.64 Å². The average Bonchev–Trinajstić information content (AvgIpc) is 2.56. The van der Waals surface area contributed by atoms with Crippen molar-refractivity contribution in [2.75, 3.05) is 7.11 Å². The summed E-state index contributed by atoms with van der Waals surface area (Å²) in [5, 5.41) is 1.93. The van der Waals surface area contributed by atoms with Gasteiger partial charge in [0.1, 0.15) is 0 Å². The van der Waals surface area contributed by atoms with Gasteiger partial charge < -0.3 is 0 Å². The molecular weight excluding hydrogens is 272 g/mol. The summed E-state index contributed by atoms with van der Waals surface area (Å²) in [5.41, 5.74) is 4.64. The molecule has 1 aliphatic rings. The molecule has 0 N–H and O–H groups in total. The van der Waals surface area contributed by atoms with Crippen molar-refractivity contribution in [3.05, 3.63) is 78.0 Å². The minimum Gasteiger partial charge on any atom is -0.271 e. The average molecular weight is 293 g/mol. The minimum absolute atomic E-state index is 0.0765. The molecule has 1 atom stereocenters. The number of para-hydroxylation sites is 1. The van der Waals surface area contributed by atoms with Crippen molar-refractivity contribution < 1.29 is 9.41 Å². The summed E-state index contributed by atoms with van der Waals surface area (Å²) < 4.78 is 2.30. The maximum absolute atomic E-state index is 5.56. The second kappa shape index (κ2) is 6.16. The predicted molar refractivity (Wildman–Crippen MR) is 89.0 cm³/mol. The highest BCUT2D eigenvalue weighted by Gasteiger charge is 2.34. The first-order valence-corrected chi connectivity index (χ1v) is 7.50. The van der Waals surface area contributed by atoms with E-state index in [0.29, 0.717) is 0 Å². The highest BCUT2D eigenvalue weighted by molar-refractivity contribution is 6.06. The van der Waals surface area contributed by atoms with Gasteiger partial charge in [0.15, 0.2) is 0 Å². The van der Waals surface area contributed by atoms with Gasteiger partial charge in [0.25, 0.3) is 6.17 Å². The SMILES string of the molecule is CON1C(C)=CC(c2ccccc2)=[N+](c2ccccc2)[C@@H]1C. The second-order valence-corrected chi connectivity index (χ2v) is 5.38. The lowest BCUT2D eigenvalue weighted by Gasteiger charge is -2.30. The second-order valence-electron chi connectivity index (χ2n) is 5.38. The Kier molecular flexibility index (Phi) is 4.07. The van der Waals surface area contributed by atoms with Crippen molar-refractivity contribution in [3.63, 3.8) is 0 Å². The Balaban J connectivity index is 2.23. The van der Waals surface area contributed by atoms with Crippen LogP contribution >= 0.6 is 0 Å². The molecule has 0 saturated heterocycles. The van der Waals surface area contributed by atoms with Crippen LogP contribution in [0.4, 0.5) is 5.69 Å². The van der Waals surface area contributed by atoms with E-state index in [4.69, 9.17) is 4.84 Å². The van der Waals surface area contributed by atoms with E-state index in [0.717, 1.165) is 11.4 Å². The highest BCUT2D eigenvalue weighted by atomic mass is 16.7. The molecule has 3 nitrogen and oxygen atoms in total. The summed E-state index contributed by atoms with van der Waals surface area (Å²) >= 11 is 0. The fourth-order valence-electron chi connectivity index (χ4n) is 3.00. The van der Waals surface area contributed by atoms with Crippen molar-refractivity contribution in [2.24, 2.45) is 0 Å². The van der Waals surface area contributed by atoms with Crippen molar-refractivity contribution >= 4 is 11.4 Å². The molecule has 0 radical (unpaired) electrons. The number of nitrogens with zero attached hydrogens (tertiary/aromatic N) is 2. The molecule has 0 spiro atoms. The van der Waals surface area contributed by atoms with Gasteiger partial charge in [0.2, 0.25) is 11.4 Å². The molecule has 0 bridgehead atoms. The van der Waals surface area contributed by atoms with E-state index in [-0.39, 0.29) is 6.17 Å². The normalized spacial score (nSPS) is 18.4. The lowest BCUT2D eigenvalue weighted by atomic mass is 10.1. The standard InChI is InChI=1S/C19H21N2O/c1-15-14-19(17-10-6-4-7-11-17)20(16(2)21(15)22-3)18-12-8-5-9-13-18/h4-14,16H,1-3H3/q+1/t16-/m0/s1. The van der Waals surface area contributed by atoms with E-state index >= 15 is 0 Å². The molecule has 3 heteroatoms. The lowest BCUT2D eigenvalue weighted by Crippen LogP contribution is -2.43. The Labute approximate surface area is 131 Å². The minimum atomic E-state index is 0.0765. The van der Waals surface area contributed by atoms with Crippen LogP contribution < -0.4 is 0 Å². The summed E-state index contributed by atoms with van der Waals surface area (Å²) in [4.78, 5) is 5.56. The molecule has 22 heavy (non-hydrogen) atoms. The van der Waals surface area contributed by atoms with E-state index < -0.39 is 0 Å². The monoisotopic (exact) mass is 293 g/mol. The zero-order valence-corrected chi connectivity index (χ0v) is 13.2. The number of benzene rings is 2. The van der Waals surface area contributed by atoms with Crippen LogP contribution in [-0.4, -0.2) is 28.6 Å². The fourth-order valence-corrected chi connectivity index (χ4v) is 3.00. The lowest BCUT2D eigenvalue weighted by molar-refractivity contribution is -0.535. The quantitative estimate of drug-likeness (QED) is 0.796. The maximum Gasteiger partial charge on any atom is 0.253 e. The third kappa shape index (κ3) is 2.55. The van der Waals surface area contributed by atoms with Crippen LogP contribution in [0.25, 0.3) is 0 Å². The number of hydrogen-bond donors (Lipinski definition) is 0. The van der Waals surface area contributed by atoms with Gasteiger partial charge in [0.05, 0.1) is 12.8 Å². The molecule has 0 amide bonds. The van der Waals surface area contributed by atoms with E-state index in [9.17, 15) is 0 Å². The Morgan fingerprint density at radius 1 is 0.955 bits per heavy atom. The molecule has 1 heterocycles. The van der Waals surface area contributed by atoms with Gasteiger partial charge in [-0.05, 0) is 19.1 Å². The summed E-state index contributed by atoms with van der Waals surface area (Å²) in [6.45, 7) is 4.22. The predicted octanol–water partition coefficient (Wildman–Crippen LogP) is 3.95. The Hall–Kier alpha value is -2.39. The highest BCUT2D eigenvalue weighted by Crippen LogP contribution is 2.25. The van der Waals surface area contributed by atoms with Gasteiger partial charge in [-0.3, -0.25) is 4.84 Å². The topological polar surface area (TPSA) is 15.5 Å². The molecule has 2 aromatic carbocycles. The first-order chi connectivity index (χ1) is 10.7. The van der Waals surface area contributed by atoms with Crippen LogP contribution in [-0.2, 0) is 4.84 Å². The van der Waals surface area contributed by atoms with Crippen LogP contribution in [0.3, 0.4) is 0 Å². The first-order valence-electron chi connectivity index (χ1n) is 7.50. The Bertz CT molecular complexity index is 705. The summed E-state index contributed by atoms with van der Waals surface area (Å²) in [6.07, 6.45) is 2.25. The summed E-state index contributed by atoms with van der Waals surface area (Å²) in [7, 11) is 1.71. The Morgan fingerprint density at radius 2 is 1.55 bits per heavy atom. The smallest absolute Gasteiger partial charge is 0.253 e. The molecule has 0 aliphatic carbocycles. The van der Waals surface area contributed by atoms with Crippen LogP contribution in [0.15, 0.2) is 72.4 Å². The number of rotatable bonds is 3. The molecule has 1 aliphatic heterocycles. The van der Waals surface area contributed by atoms with Gasteiger partial charge >= 0.3 is 0 Å². The van der Waals surface area contributed by atoms with Crippen molar-refractivity contribution in [2.45, 2.75) is 20.0 Å². The molecule has 0 unspecified atom stereocenters. The van der Waals surface area contributed by atoms with Gasteiger partial charge in [-0.25, -0.2) is 0 Å². The molecule has 0 saturated carbocycles. The third-order valence-electron chi connectivity index (χ3n) is 3.97. The van der Waals surface area contributed by atoms with Crippen molar-refractivity contribution in [1.82, 2.24) is 5.06 Å². The Morgan fingerprint density at radius 3 is 2.14 bits per heavy atom. The zero-order chi connectivity index (χ0) is 15.5. The molecule has 112 valence electrons. The number of hydrogen-bond acceptors (Lipinski definition) is 2. The number of allylic oxidation sites excluding steroid dienone is 2. The molecule has 3 rings (SSSR count). The van der Waals surface area contributed by atoms with Crippen LogP contribution in [0, 0.1) is 0 Å². The van der Waals surface area contributed by atoms with E-state index in [2.05, 4.69) is 73.0 Å². The summed E-state index contributed by atoms with van der Waals surface area (Å²) in [6, 6.07) is 20.9. The maximum atomic E-state index is 5.56. The molecule has 2 aromatic rings. The van der Waals surface area contributed by atoms with E-state index in [1.54, 1.807) is 7.11 Å². The fraction of sp³-hybridized carbons (Fsp3) is 0.211. The van der Waals surface area contributed by atoms with Crippen molar-refractivity contribution in [3.8, 4) is 0 Å². The van der Waals surface area contributed by atoms with Crippen LogP contribution in [0.5, 0.6) is 0 Å². The first kappa shape index (κ1) is 14.5. The number of hydroxylamine groups is 2. The van der Waals surface area contributed by atoms with E-state index in [1.807, 2.05) is 17.2 Å². The molecular formula is C19H21N2O+. The van der Waals surface area contributed by atoms with E-state index in [1.165, 1.54) is 11.3 Å². The van der Waals surface area contributed by atoms with Gasteiger partial charge in [-0.1, -0.05) is 36.4 Å². The molecule has 0 fully saturated rings. The zero-order valence-electron chi connectivity index (χ0n) is 13.2. The van der Waals surface area contributed by atoms with Crippen molar-refractivity contribution in [1.29, 1.82) is 0 Å². The molecule has 0 aromatic heterocycles. The van der Waals surface area contributed by atoms with Crippen LogP contribution in [0.2, 0.25) is 0 Å². The van der Waals surface area contributed by atoms with Gasteiger partial charge in [-0.15, -0.1) is 0 Å². The largest absolute Gasteiger partial charge is 0.271 e. The van der Waals surface area contributed by atoms with Gasteiger partial charge in [0, 0.05) is 30.7 Å². The summed E-state index contributed by atoms with van der Waals surface area (Å²) in [5.74, 6) is 0.